The van der Waals surface area contributed by atoms with Gasteiger partial charge in [-0.2, -0.15) is 0 Å². The maximum atomic E-state index is 6.09. The summed E-state index contributed by atoms with van der Waals surface area (Å²) in [5.74, 6) is 2.07. The Morgan fingerprint density at radius 2 is 1.78 bits per heavy atom. The van der Waals surface area contributed by atoms with E-state index < -0.39 is 0 Å². The second-order valence-electron chi connectivity index (χ2n) is 6.90. The van der Waals surface area contributed by atoms with Crippen LogP contribution < -0.4 is 9.47 Å². The van der Waals surface area contributed by atoms with Crippen LogP contribution in [0.5, 0.6) is 11.5 Å². The fourth-order valence-electron chi connectivity index (χ4n) is 2.47. The molecule has 0 spiro atoms. The molecule has 0 aromatic heterocycles. The van der Waals surface area contributed by atoms with Crippen molar-refractivity contribution in [2.75, 3.05) is 19.8 Å². The van der Waals surface area contributed by atoms with Gasteiger partial charge in [0.1, 0.15) is 29.2 Å². The number of nitrogens with zero attached hydrogens (tertiary/aromatic N) is 1. The van der Waals surface area contributed by atoms with Crippen LogP contribution in [0.2, 0.25) is 0 Å². The molecule has 0 aliphatic carbocycles. The molecule has 0 bridgehead atoms. The van der Waals surface area contributed by atoms with Crippen LogP contribution in [0.25, 0.3) is 0 Å². The molecular formula is C21H31Cl2NO3. The van der Waals surface area contributed by atoms with Crippen molar-refractivity contribution < 1.29 is 14.3 Å². The van der Waals surface area contributed by atoms with Crippen molar-refractivity contribution in [2.45, 2.75) is 59.8 Å². The molecule has 0 aliphatic heterocycles. The molecule has 0 saturated carbocycles. The number of ether oxygens (including phenoxy) is 2. The van der Waals surface area contributed by atoms with Gasteiger partial charge in [-0.15, -0.1) is 0 Å². The zero-order valence-electron chi connectivity index (χ0n) is 17.0. The molecule has 1 aromatic rings. The lowest BCUT2D eigenvalue weighted by Crippen LogP contribution is -2.05. The van der Waals surface area contributed by atoms with Gasteiger partial charge in [-0.3, -0.25) is 0 Å². The van der Waals surface area contributed by atoms with Crippen LogP contribution in [0.15, 0.2) is 27.9 Å². The number of benzene rings is 1. The summed E-state index contributed by atoms with van der Waals surface area (Å²) < 4.78 is 12.0. The SMILES string of the molecule is CC(C)=NOCCCCCOc1c(C)cc(OCC=C(Cl)Cl)cc1C(C)C. The third-order valence-corrected chi connectivity index (χ3v) is 4.07. The lowest BCUT2D eigenvalue weighted by Gasteiger charge is -2.18. The molecule has 0 atom stereocenters. The molecule has 27 heavy (non-hydrogen) atoms. The van der Waals surface area contributed by atoms with Gasteiger partial charge in [0, 0.05) is 5.56 Å². The molecule has 1 aromatic carbocycles. The molecule has 1 rings (SSSR count). The molecule has 0 aliphatic rings. The molecule has 4 nitrogen and oxygen atoms in total. The molecule has 0 unspecified atom stereocenters. The van der Waals surface area contributed by atoms with E-state index in [1.807, 2.05) is 32.9 Å². The largest absolute Gasteiger partial charge is 0.493 e. The third-order valence-electron chi connectivity index (χ3n) is 3.76. The van der Waals surface area contributed by atoms with E-state index in [4.69, 9.17) is 37.5 Å². The van der Waals surface area contributed by atoms with E-state index in [0.717, 1.165) is 47.6 Å². The van der Waals surface area contributed by atoms with Gasteiger partial charge in [-0.25, -0.2) is 0 Å². The average Bonchev–Trinajstić information content (AvgIpc) is 2.57. The van der Waals surface area contributed by atoms with Gasteiger partial charge in [-0.05, 0) is 69.7 Å². The topological polar surface area (TPSA) is 40.0 Å². The summed E-state index contributed by atoms with van der Waals surface area (Å²) >= 11 is 11.2. The predicted molar refractivity (Wildman–Crippen MR) is 115 cm³/mol. The van der Waals surface area contributed by atoms with E-state index in [2.05, 4.69) is 19.0 Å². The van der Waals surface area contributed by atoms with Crippen LogP contribution >= 0.6 is 23.2 Å². The Morgan fingerprint density at radius 1 is 1.07 bits per heavy atom. The first-order valence-corrected chi connectivity index (χ1v) is 10.1. The van der Waals surface area contributed by atoms with Crippen molar-refractivity contribution in [3.63, 3.8) is 0 Å². The summed E-state index contributed by atoms with van der Waals surface area (Å²) in [6.45, 7) is 11.8. The third kappa shape index (κ3) is 9.92. The Balaban J connectivity index is 2.56. The minimum Gasteiger partial charge on any atom is -0.493 e. The summed E-state index contributed by atoms with van der Waals surface area (Å²) in [5, 5.41) is 3.93. The number of aryl methyl sites for hydroxylation is 1. The summed E-state index contributed by atoms with van der Waals surface area (Å²) in [6.07, 6.45) is 4.61. The van der Waals surface area contributed by atoms with Crippen LogP contribution in [0, 0.1) is 6.92 Å². The van der Waals surface area contributed by atoms with Gasteiger partial charge in [0.25, 0.3) is 0 Å². The molecule has 6 heteroatoms. The first-order chi connectivity index (χ1) is 12.8. The number of halogens is 2. The zero-order valence-corrected chi connectivity index (χ0v) is 18.5. The molecule has 0 N–H and O–H groups in total. The molecule has 0 saturated heterocycles. The Kier molecular flexibility index (Phi) is 11.3. The van der Waals surface area contributed by atoms with Crippen molar-refractivity contribution in [1.82, 2.24) is 0 Å². The Hall–Kier alpha value is -1.39. The average molecular weight is 416 g/mol. The minimum absolute atomic E-state index is 0.206. The summed E-state index contributed by atoms with van der Waals surface area (Å²) in [5.41, 5.74) is 3.14. The van der Waals surface area contributed by atoms with Crippen LogP contribution in [0.1, 0.15) is 64.0 Å². The Morgan fingerprint density at radius 3 is 2.41 bits per heavy atom. The van der Waals surface area contributed by atoms with E-state index in [9.17, 15) is 0 Å². The first kappa shape index (κ1) is 23.6. The monoisotopic (exact) mass is 415 g/mol. The van der Waals surface area contributed by atoms with Crippen LogP contribution in [-0.4, -0.2) is 25.5 Å². The molecule has 0 radical (unpaired) electrons. The van der Waals surface area contributed by atoms with Gasteiger partial charge >= 0.3 is 0 Å². The van der Waals surface area contributed by atoms with Gasteiger partial charge in [0.05, 0.1) is 12.3 Å². The standard InChI is InChI=1S/C21H31Cl2NO3/c1-15(2)19-14-18(25-12-9-20(22)23)13-17(5)21(19)26-10-7-6-8-11-27-24-16(3)4/h9,13-15H,6-8,10-12H2,1-5H3. The lowest BCUT2D eigenvalue weighted by atomic mass is 9.99. The zero-order chi connectivity index (χ0) is 20.2. The van der Waals surface area contributed by atoms with E-state index in [0.29, 0.717) is 25.7 Å². The highest BCUT2D eigenvalue weighted by Gasteiger charge is 2.13. The molecular weight excluding hydrogens is 385 g/mol. The Bertz CT molecular complexity index is 635. The highest BCUT2D eigenvalue weighted by atomic mass is 35.5. The highest BCUT2D eigenvalue weighted by Crippen LogP contribution is 2.34. The van der Waals surface area contributed by atoms with E-state index in [-0.39, 0.29) is 4.49 Å². The summed E-state index contributed by atoms with van der Waals surface area (Å²) in [6, 6.07) is 4.01. The number of rotatable bonds is 12. The summed E-state index contributed by atoms with van der Waals surface area (Å²) in [4.78, 5) is 5.20. The van der Waals surface area contributed by atoms with Crippen molar-refractivity contribution in [2.24, 2.45) is 5.16 Å². The van der Waals surface area contributed by atoms with Gasteiger partial charge in [0.15, 0.2) is 0 Å². The fraction of sp³-hybridized carbons (Fsp3) is 0.571. The van der Waals surface area contributed by atoms with Crippen molar-refractivity contribution >= 4 is 28.9 Å². The van der Waals surface area contributed by atoms with E-state index in [1.54, 1.807) is 6.08 Å². The lowest BCUT2D eigenvalue weighted by molar-refractivity contribution is 0.138. The summed E-state index contributed by atoms with van der Waals surface area (Å²) in [7, 11) is 0. The maximum Gasteiger partial charge on any atom is 0.125 e. The van der Waals surface area contributed by atoms with Crippen LogP contribution in [-0.2, 0) is 4.84 Å². The maximum absolute atomic E-state index is 6.09. The number of unbranched alkanes of at least 4 members (excludes halogenated alkanes) is 2. The molecule has 152 valence electrons. The van der Waals surface area contributed by atoms with Crippen LogP contribution in [0.4, 0.5) is 0 Å². The second-order valence-corrected chi connectivity index (χ2v) is 7.91. The first-order valence-electron chi connectivity index (χ1n) is 9.35. The van der Waals surface area contributed by atoms with E-state index in [1.165, 1.54) is 0 Å². The fourth-order valence-corrected chi connectivity index (χ4v) is 2.60. The quantitative estimate of drug-likeness (QED) is 0.214. The molecule has 0 amide bonds. The number of oxime groups is 1. The molecule has 0 fully saturated rings. The van der Waals surface area contributed by atoms with Crippen molar-refractivity contribution in [3.8, 4) is 11.5 Å². The molecule has 0 heterocycles. The van der Waals surface area contributed by atoms with Crippen molar-refractivity contribution in [3.05, 3.63) is 33.8 Å². The number of hydrogen-bond donors (Lipinski definition) is 0. The van der Waals surface area contributed by atoms with Crippen molar-refractivity contribution in [1.29, 1.82) is 0 Å². The van der Waals surface area contributed by atoms with Gasteiger partial charge < -0.3 is 14.3 Å². The van der Waals surface area contributed by atoms with Gasteiger partial charge in [-0.1, -0.05) is 42.2 Å². The predicted octanol–water partition coefficient (Wildman–Crippen LogP) is 6.78. The highest BCUT2D eigenvalue weighted by molar-refractivity contribution is 6.55. The van der Waals surface area contributed by atoms with Gasteiger partial charge in [0.2, 0.25) is 0 Å². The van der Waals surface area contributed by atoms with E-state index >= 15 is 0 Å². The normalized spacial score (nSPS) is 10.5. The number of hydrogen-bond acceptors (Lipinski definition) is 4. The van der Waals surface area contributed by atoms with Crippen LogP contribution in [0.3, 0.4) is 0 Å². The second kappa shape index (κ2) is 12.9. The smallest absolute Gasteiger partial charge is 0.125 e. The Labute approximate surface area is 173 Å². The minimum atomic E-state index is 0.206.